The lowest BCUT2D eigenvalue weighted by Crippen LogP contribution is -2.35. The van der Waals surface area contributed by atoms with E-state index in [1.165, 1.54) is 57.0 Å². The number of anilines is 1. The molecule has 4 nitrogen and oxygen atoms in total. The van der Waals surface area contributed by atoms with E-state index >= 15 is 0 Å². The number of carbonyl (C=O) groups excluding carboxylic acids is 2. The second-order valence-electron chi connectivity index (χ2n) is 8.44. The molecule has 0 bridgehead atoms. The lowest BCUT2D eigenvalue weighted by Gasteiger charge is -2.26. The maximum absolute atomic E-state index is 12.1. The Labute approximate surface area is 173 Å². The van der Waals surface area contributed by atoms with Gasteiger partial charge in [-0.3, -0.25) is 4.79 Å². The van der Waals surface area contributed by atoms with Crippen molar-refractivity contribution in [3.05, 3.63) is 15.8 Å². The fourth-order valence-corrected chi connectivity index (χ4v) is 4.19. The minimum atomic E-state index is -0.415. The molecule has 2 fully saturated rings. The van der Waals surface area contributed by atoms with E-state index < -0.39 is 5.97 Å². The van der Waals surface area contributed by atoms with Crippen LogP contribution in [0.3, 0.4) is 0 Å². The smallest absolute Gasteiger partial charge is 0.350 e. The molecule has 2 aliphatic rings. The van der Waals surface area contributed by atoms with Crippen LogP contribution in [-0.4, -0.2) is 25.5 Å². The SMILES string of the molecule is C1CCCCC1.COC(=O)c1sc(C#CC(C)(C)C)cc1N1CCCCC1=O. The standard InChI is InChI=1S/C17H21NO3S.C6H12/c1-17(2,3)9-8-12-11-13(15(22-12)16(20)21-4)18-10-6-5-7-14(18)19;1-2-4-6-5-3-1/h11H,5-7,10H2,1-4H3;1-6H2. The van der Waals surface area contributed by atoms with Gasteiger partial charge in [0.2, 0.25) is 5.91 Å². The summed E-state index contributed by atoms with van der Waals surface area (Å²) in [6.45, 7) is 6.74. The third-order valence-electron chi connectivity index (χ3n) is 4.76. The summed E-state index contributed by atoms with van der Waals surface area (Å²) in [6, 6.07) is 1.83. The van der Waals surface area contributed by atoms with Crippen molar-refractivity contribution in [1.82, 2.24) is 0 Å². The van der Waals surface area contributed by atoms with Gasteiger partial charge in [0.05, 0.1) is 17.7 Å². The number of ether oxygens (including phenoxy) is 1. The van der Waals surface area contributed by atoms with E-state index in [1.54, 1.807) is 4.90 Å². The first-order chi connectivity index (χ1) is 13.3. The van der Waals surface area contributed by atoms with Crippen molar-refractivity contribution < 1.29 is 14.3 Å². The quantitative estimate of drug-likeness (QED) is 0.464. The largest absolute Gasteiger partial charge is 0.465 e. The minimum Gasteiger partial charge on any atom is -0.465 e. The van der Waals surface area contributed by atoms with E-state index in [2.05, 4.69) is 11.8 Å². The Morgan fingerprint density at radius 1 is 1.07 bits per heavy atom. The van der Waals surface area contributed by atoms with Crippen molar-refractivity contribution in [2.45, 2.75) is 78.6 Å². The van der Waals surface area contributed by atoms with Crippen LogP contribution in [0.15, 0.2) is 6.07 Å². The zero-order valence-corrected chi connectivity index (χ0v) is 18.5. The van der Waals surface area contributed by atoms with Gasteiger partial charge in [-0.2, -0.15) is 0 Å². The van der Waals surface area contributed by atoms with Crippen LogP contribution in [0.4, 0.5) is 5.69 Å². The van der Waals surface area contributed by atoms with Gasteiger partial charge >= 0.3 is 5.97 Å². The number of amides is 1. The summed E-state index contributed by atoms with van der Waals surface area (Å²) in [6.07, 6.45) is 11.4. The Balaban J connectivity index is 0.000000397. The molecule has 1 saturated heterocycles. The summed E-state index contributed by atoms with van der Waals surface area (Å²) in [5, 5.41) is 0. The molecule has 1 aliphatic carbocycles. The highest BCUT2D eigenvalue weighted by Crippen LogP contribution is 2.33. The number of esters is 1. The topological polar surface area (TPSA) is 46.6 Å². The molecule has 0 spiro atoms. The van der Waals surface area contributed by atoms with Crippen molar-refractivity contribution in [2.75, 3.05) is 18.6 Å². The molecule has 28 heavy (non-hydrogen) atoms. The van der Waals surface area contributed by atoms with Gasteiger partial charge in [-0.05, 0) is 39.7 Å². The summed E-state index contributed by atoms with van der Waals surface area (Å²) in [5.74, 6) is 5.90. The zero-order chi connectivity index (χ0) is 20.6. The zero-order valence-electron chi connectivity index (χ0n) is 17.7. The molecule has 1 saturated carbocycles. The van der Waals surface area contributed by atoms with Gasteiger partial charge in [-0.15, -0.1) is 11.3 Å². The Morgan fingerprint density at radius 3 is 2.18 bits per heavy atom. The van der Waals surface area contributed by atoms with Crippen LogP contribution < -0.4 is 4.90 Å². The lowest BCUT2D eigenvalue weighted by atomic mass is 9.98. The molecule has 2 heterocycles. The highest BCUT2D eigenvalue weighted by molar-refractivity contribution is 7.15. The molecule has 154 valence electrons. The first-order valence-electron chi connectivity index (χ1n) is 10.4. The number of hydrogen-bond donors (Lipinski definition) is 0. The highest BCUT2D eigenvalue weighted by Gasteiger charge is 2.27. The molecule has 1 amide bonds. The summed E-state index contributed by atoms with van der Waals surface area (Å²) in [5.41, 5.74) is 0.524. The molecular weight excluding hydrogens is 370 g/mol. The fraction of sp³-hybridized carbons (Fsp3) is 0.652. The van der Waals surface area contributed by atoms with Gasteiger partial charge in [0.1, 0.15) is 4.88 Å². The predicted octanol–water partition coefficient (Wildman–Crippen LogP) is 5.79. The number of rotatable bonds is 2. The number of hydrogen-bond acceptors (Lipinski definition) is 4. The maximum atomic E-state index is 12.1. The van der Waals surface area contributed by atoms with Gasteiger partial charge < -0.3 is 9.64 Å². The second kappa shape index (κ2) is 10.7. The maximum Gasteiger partial charge on any atom is 0.350 e. The van der Waals surface area contributed by atoms with Gasteiger partial charge in [-0.1, -0.05) is 50.4 Å². The van der Waals surface area contributed by atoms with Crippen LogP contribution in [0, 0.1) is 17.3 Å². The molecule has 0 radical (unpaired) electrons. The number of thiophene rings is 1. The van der Waals surface area contributed by atoms with E-state index in [4.69, 9.17) is 4.74 Å². The van der Waals surface area contributed by atoms with Gasteiger partial charge in [0.15, 0.2) is 0 Å². The van der Waals surface area contributed by atoms with E-state index in [-0.39, 0.29) is 11.3 Å². The minimum absolute atomic E-state index is 0.0598. The predicted molar refractivity (Wildman–Crippen MR) is 116 cm³/mol. The molecule has 1 aliphatic heterocycles. The van der Waals surface area contributed by atoms with E-state index in [0.717, 1.165) is 17.7 Å². The van der Waals surface area contributed by atoms with Crippen molar-refractivity contribution in [1.29, 1.82) is 0 Å². The van der Waals surface area contributed by atoms with Gasteiger partial charge in [0, 0.05) is 18.4 Å². The summed E-state index contributed by atoms with van der Waals surface area (Å²) < 4.78 is 4.85. The van der Waals surface area contributed by atoms with Crippen molar-refractivity contribution in [3.63, 3.8) is 0 Å². The molecule has 1 aromatic heterocycles. The van der Waals surface area contributed by atoms with Crippen molar-refractivity contribution in [3.8, 4) is 11.8 Å². The molecule has 0 atom stereocenters. The number of nitrogens with zero attached hydrogens (tertiary/aromatic N) is 1. The summed E-state index contributed by atoms with van der Waals surface area (Å²) >= 11 is 1.29. The third kappa shape index (κ3) is 6.98. The number of carbonyl (C=O) groups is 2. The van der Waals surface area contributed by atoms with Crippen LogP contribution in [0.2, 0.25) is 0 Å². The second-order valence-corrected chi connectivity index (χ2v) is 9.49. The van der Waals surface area contributed by atoms with Crippen molar-refractivity contribution in [2.24, 2.45) is 5.41 Å². The number of piperidine rings is 1. The summed E-state index contributed by atoms with van der Waals surface area (Å²) in [7, 11) is 1.35. The lowest BCUT2D eigenvalue weighted by molar-refractivity contribution is -0.119. The normalized spacial score (nSPS) is 17.1. The molecule has 0 unspecified atom stereocenters. The Kier molecular flexibility index (Phi) is 8.57. The molecular formula is C23H33NO3S. The highest BCUT2D eigenvalue weighted by atomic mass is 32.1. The average molecular weight is 404 g/mol. The molecule has 1 aromatic rings. The average Bonchev–Trinajstić information content (AvgIpc) is 3.12. The van der Waals surface area contributed by atoms with E-state index in [9.17, 15) is 9.59 Å². The third-order valence-corrected chi connectivity index (χ3v) is 5.78. The van der Waals surface area contributed by atoms with Crippen molar-refractivity contribution >= 4 is 28.9 Å². The fourth-order valence-electron chi connectivity index (χ4n) is 3.25. The Hall–Kier alpha value is -1.80. The molecule has 0 N–H and O–H groups in total. The van der Waals surface area contributed by atoms with Gasteiger partial charge in [0.25, 0.3) is 0 Å². The molecule has 0 aromatic carbocycles. The van der Waals surface area contributed by atoms with Gasteiger partial charge in [-0.25, -0.2) is 4.79 Å². The first kappa shape index (κ1) is 22.5. The van der Waals surface area contributed by atoms with Crippen LogP contribution in [0.5, 0.6) is 0 Å². The Morgan fingerprint density at radius 2 is 1.68 bits per heavy atom. The molecule has 3 rings (SSSR count). The monoisotopic (exact) mass is 403 g/mol. The number of methoxy groups -OCH3 is 1. The molecule has 5 heteroatoms. The Bertz CT molecular complexity index is 718. The van der Waals surface area contributed by atoms with Crippen LogP contribution in [0.25, 0.3) is 0 Å². The van der Waals surface area contributed by atoms with Crippen LogP contribution in [-0.2, 0) is 9.53 Å². The van der Waals surface area contributed by atoms with E-state index in [1.807, 2.05) is 26.8 Å². The van der Waals surface area contributed by atoms with E-state index in [0.29, 0.717) is 23.5 Å². The first-order valence-corrected chi connectivity index (χ1v) is 11.2. The summed E-state index contributed by atoms with van der Waals surface area (Å²) in [4.78, 5) is 27.1. The van der Waals surface area contributed by atoms with Crippen LogP contribution in [0.1, 0.15) is 93.1 Å². The van der Waals surface area contributed by atoms with Crippen LogP contribution >= 0.6 is 11.3 Å².